The van der Waals surface area contributed by atoms with Gasteiger partial charge in [0, 0.05) is 30.7 Å². The van der Waals surface area contributed by atoms with Crippen molar-refractivity contribution in [3.63, 3.8) is 0 Å². The number of aryl methyl sites for hydroxylation is 1. The van der Waals surface area contributed by atoms with Gasteiger partial charge in [0.05, 0.1) is 11.6 Å². The predicted octanol–water partition coefficient (Wildman–Crippen LogP) is 5.09. The van der Waals surface area contributed by atoms with E-state index in [-0.39, 0.29) is 11.3 Å². The third kappa shape index (κ3) is 4.90. The molecule has 1 N–H and O–H groups in total. The largest absolute Gasteiger partial charge is 0.507 e. The van der Waals surface area contributed by atoms with E-state index < -0.39 is 17.7 Å². The van der Waals surface area contributed by atoms with Crippen molar-refractivity contribution in [2.45, 2.75) is 26.0 Å². The number of ether oxygens (including phenoxy) is 2. The second-order valence-electron chi connectivity index (χ2n) is 8.11. The predicted molar refractivity (Wildman–Crippen MR) is 132 cm³/mol. The molecule has 176 valence electrons. The van der Waals surface area contributed by atoms with Gasteiger partial charge in [0.2, 0.25) is 0 Å². The van der Waals surface area contributed by atoms with Crippen LogP contribution >= 0.6 is 11.3 Å². The Hall–Kier alpha value is -3.42. The van der Waals surface area contributed by atoms with Crippen LogP contribution in [0.25, 0.3) is 5.76 Å². The first-order chi connectivity index (χ1) is 16.5. The van der Waals surface area contributed by atoms with Crippen LogP contribution < -0.4 is 4.74 Å². The fraction of sp³-hybridized carbons (Fsp3) is 0.259. The van der Waals surface area contributed by atoms with Crippen LogP contribution in [0, 0.1) is 6.92 Å². The Labute approximate surface area is 203 Å². The summed E-state index contributed by atoms with van der Waals surface area (Å²) in [5.74, 6) is -0.778. The zero-order valence-corrected chi connectivity index (χ0v) is 20.0. The van der Waals surface area contributed by atoms with E-state index in [9.17, 15) is 14.7 Å². The minimum Gasteiger partial charge on any atom is -0.507 e. The number of hydrogen-bond acceptors (Lipinski definition) is 6. The van der Waals surface area contributed by atoms with Gasteiger partial charge in [-0.05, 0) is 54.1 Å². The van der Waals surface area contributed by atoms with Crippen molar-refractivity contribution in [2.75, 3.05) is 20.3 Å². The number of nitrogens with zero attached hydrogens (tertiary/aromatic N) is 1. The number of aliphatic hydroxyl groups is 1. The van der Waals surface area contributed by atoms with Crippen LogP contribution in [-0.4, -0.2) is 42.0 Å². The summed E-state index contributed by atoms with van der Waals surface area (Å²) in [4.78, 5) is 28.3. The molecule has 4 rings (SSSR count). The van der Waals surface area contributed by atoms with E-state index in [1.54, 1.807) is 19.2 Å². The Morgan fingerprint density at radius 1 is 1.09 bits per heavy atom. The van der Waals surface area contributed by atoms with E-state index >= 15 is 0 Å². The SMILES string of the molecule is COCCCN1C(=O)C(=O)C(=C(O)c2ccc(OCc3ccccc3)cc2C)C1c1cccs1. The molecule has 0 spiro atoms. The Morgan fingerprint density at radius 2 is 1.88 bits per heavy atom. The van der Waals surface area contributed by atoms with Gasteiger partial charge in [-0.25, -0.2) is 0 Å². The number of thiophene rings is 1. The number of aliphatic hydroxyl groups excluding tert-OH is 1. The van der Waals surface area contributed by atoms with Crippen LogP contribution in [0.5, 0.6) is 5.75 Å². The van der Waals surface area contributed by atoms with E-state index in [0.29, 0.717) is 37.5 Å². The minimum atomic E-state index is -0.669. The Morgan fingerprint density at radius 3 is 2.56 bits per heavy atom. The molecular weight excluding hydrogens is 450 g/mol. The molecule has 1 aliphatic heterocycles. The number of hydrogen-bond donors (Lipinski definition) is 1. The van der Waals surface area contributed by atoms with Crippen molar-refractivity contribution < 1.29 is 24.2 Å². The number of likely N-dealkylation sites (tertiary alicyclic amines) is 1. The molecule has 34 heavy (non-hydrogen) atoms. The van der Waals surface area contributed by atoms with Crippen LogP contribution in [0.3, 0.4) is 0 Å². The number of carbonyl (C=O) groups is 2. The molecule has 1 aliphatic rings. The summed E-state index contributed by atoms with van der Waals surface area (Å²) in [6.07, 6.45) is 0.595. The summed E-state index contributed by atoms with van der Waals surface area (Å²) in [6.45, 7) is 3.11. The molecule has 1 atom stereocenters. The molecule has 1 amide bonds. The van der Waals surface area contributed by atoms with Crippen molar-refractivity contribution in [3.05, 3.63) is 93.2 Å². The maximum atomic E-state index is 13.0. The molecule has 0 bridgehead atoms. The molecule has 1 saturated heterocycles. The third-order valence-corrected chi connectivity index (χ3v) is 6.73. The highest BCUT2D eigenvalue weighted by Gasteiger charge is 2.46. The van der Waals surface area contributed by atoms with Gasteiger partial charge >= 0.3 is 0 Å². The second-order valence-corrected chi connectivity index (χ2v) is 9.08. The summed E-state index contributed by atoms with van der Waals surface area (Å²) in [6, 6.07) is 18.3. The lowest BCUT2D eigenvalue weighted by Gasteiger charge is -2.24. The average molecular weight is 478 g/mol. The zero-order valence-electron chi connectivity index (χ0n) is 19.2. The highest BCUT2D eigenvalue weighted by atomic mass is 32.1. The van der Waals surface area contributed by atoms with Crippen LogP contribution in [0.1, 0.15) is 34.0 Å². The molecule has 3 aromatic rings. The Bertz CT molecular complexity index is 1190. The summed E-state index contributed by atoms with van der Waals surface area (Å²) in [5, 5.41) is 13.2. The summed E-state index contributed by atoms with van der Waals surface area (Å²) >= 11 is 1.45. The molecule has 6 nitrogen and oxygen atoms in total. The number of methoxy groups -OCH3 is 1. The van der Waals surface area contributed by atoms with Gasteiger partial charge in [0.1, 0.15) is 18.1 Å². The van der Waals surface area contributed by atoms with E-state index in [0.717, 1.165) is 16.0 Å². The highest BCUT2D eigenvalue weighted by molar-refractivity contribution is 7.10. The molecule has 1 fully saturated rings. The lowest BCUT2D eigenvalue weighted by atomic mass is 9.97. The smallest absolute Gasteiger partial charge is 0.295 e. The summed E-state index contributed by atoms with van der Waals surface area (Å²) < 4.78 is 11.0. The topological polar surface area (TPSA) is 76.1 Å². The van der Waals surface area contributed by atoms with E-state index in [1.165, 1.54) is 16.2 Å². The van der Waals surface area contributed by atoms with Gasteiger partial charge in [0.25, 0.3) is 11.7 Å². The third-order valence-electron chi connectivity index (χ3n) is 5.80. The lowest BCUT2D eigenvalue weighted by molar-refractivity contribution is -0.140. The second kappa shape index (κ2) is 10.7. The van der Waals surface area contributed by atoms with E-state index in [1.807, 2.05) is 60.8 Å². The standard InChI is InChI=1S/C27H27NO5S/c1-18-16-20(33-17-19-8-4-3-5-9-19)11-12-21(18)25(29)23-24(22-10-6-15-34-22)28(13-7-14-32-2)27(31)26(23)30/h3-6,8-12,15-16,24,29H,7,13-14,17H2,1-2H3. The zero-order chi connectivity index (χ0) is 24.1. The van der Waals surface area contributed by atoms with Crippen LogP contribution in [0.2, 0.25) is 0 Å². The maximum absolute atomic E-state index is 13.0. The molecule has 0 aliphatic carbocycles. The van der Waals surface area contributed by atoms with Crippen molar-refractivity contribution in [3.8, 4) is 5.75 Å². The minimum absolute atomic E-state index is 0.117. The molecule has 2 heterocycles. The molecular formula is C27H27NO5S. The van der Waals surface area contributed by atoms with Crippen molar-refractivity contribution in [1.29, 1.82) is 0 Å². The van der Waals surface area contributed by atoms with Gasteiger partial charge in [-0.3, -0.25) is 9.59 Å². The molecule has 7 heteroatoms. The molecule has 1 unspecified atom stereocenters. The Balaban J connectivity index is 1.65. The fourth-order valence-electron chi connectivity index (χ4n) is 4.11. The summed E-state index contributed by atoms with van der Waals surface area (Å²) in [5.41, 5.74) is 2.42. The number of Topliss-reactive ketones (excluding diaryl/α,β-unsaturated/α-hetero) is 1. The van der Waals surface area contributed by atoms with E-state index in [4.69, 9.17) is 9.47 Å². The number of benzene rings is 2. The Kier molecular flexibility index (Phi) is 7.45. The van der Waals surface area contributed by atoms with Gasteiger partial charge in [-0.1, -0.05) is 36.4 Å². The van der Waals surface area contributed by atoms with E-state index in [2.05, 4.69) is 0 Å². The van der Waals surface area contributed by atoms with Crippen LogP contribution in [0.15, 0.2) is 71.6 Å². The maximum Gasteiger partial charge on any atom is 0.295 e. The molecule has 0 radical (unpaired) electrons. The van der Waals surface area contributed by atoms with Gasteiger partial charge in [-0.15, -0.1) is 11.3 Å². The first-order valence-electron chi connectivity index (χ1n) is 11.1. The number of rotatable bonds is 9. The number of carbonyl (C=O) groups excluding carboxylic acids is 2. The average Bonchev–Trinajstić information content (AvgIpc) is 3.46. The fourth-order valence-corrected chi connectivity index (χ4v) is 4.96. The van der Waals surface area contributed by atoms with Crippen molar-refractivity contribution in [1.82, 2.24) is 4.90 Å². The van der Waals surface area contributed by atoms with Gasteiger partial charge < -0.3 is 19.5 Å². The first-order valence-corrected chi connectivity index (χ1v) is 12.0. The van der Waals surface area contributed by atoms with Crippen LogP contribution in [-0.2, 0) is 20.9 Å². The number of amides is 1. The molecule has 2 aromatic carbocycles. The normalized spacial score (nSPS) is 17.4. The van der Waals surface area contributed by atoms with Crippen molar-refractivity contribution in [2.24, 2.45) is 0 Å². The van der Waals surface area contributed by atoms with Crippen molar-refractivity contribution >= 4 is 28.8 Å². The van der Waals surface area contributed by atoms with Gasteiger partial charge in [0.15, 0.2) is 0 Å². The first kappa shape index (κ1) is 23.7. The highest BCUT2D eigenvalue weighted by Crippen LogP contribution is 2.41. The number of ketones is 1. The van der Waals surface area contributed by atoms with Gasteiger partial charge in [-0.2, -0.15) is 0 Å². The van der Waals surface area contributed by atoms with Crippen LogP contribution in [0.4, 0.5) is 0 Å². The quantitative estimate of drug-likeness (QED) is 0.201. The molecule has 1 aromatic heterocycles. The lowest BCUT2D eigenvalue weighted by Crippen LogP contribution is -2.31. The monoisotopic (exact) mass is 477 g/mol. The summed E-state index contributed by atoms with van der Waals surface area (Å²) in [7, 11) is 1.60. The molecule has 0 saturated carbocycles.